The predicted octanol–water partition coefficient (Wildman–Crippen LogP) is 1.09. The van der Waals surface area contributed by atoms with Gasteiger partial charge in [0.05, 0.1) is 15.5 Å². The van der Waals surface area contributed by atoms with Crippen molar-refractivity contribution in [2.24, 2.45) is 0 Å². The highest BCUT2D eigenvalue weighted by Gasteiger charge is 2.31. The van der Waals surface area contributed by atoms with Crippen LogP contribution >= 0.6 is 11.6 Å². The van der Waals surface area contributed by atoms with Crippen LogP contribution in [0.4, 0.5) is 4.39 Å². The maximum atomic E-state index is 13.5. The molecule has 0 saturated carbocycles. The van der Waals surface area contributed by atoms with Crippen LogP contribution in [0.5, 0.6) is 0 Å². The summed E-state index contributed by atoms with van der Waals surface area (Å²) in [6, 6.07) is 1.31. The summed E-state index contributed by atoms with van der Waals surface area (Å²) in [7, 11) is -2.97. The molecular weight excluding hydrogens is 313 g/mol. The molecule has 0 aliphatic rings. The van der Waals surface area contributed by atoms with Gasteiger partial charge in [-0.15, -0.1) is 0 Å². The summed E-state index contributed by atoms with van der Waals surface area (Å²) in [5, 5.41) is 8.82. The van der Waals surface area contributed by atoms with Crippen molar-refractivity contribution in [1.29, 1.82) is 0 Å². The fourth-order valence-electron chi connectivity index (χ4n) is 1.43. The normalized spacial score (nSPS) is 12.8. The average Bonchev–Trinajstić information content (AvgIpc) is 2.39. The van der Waals surface area contributed by atoms with Crippen LogP contribution in [-0.4, -0.2) is 37.7 Å². The van der Waals surface area contributed by atoms with Crippen molar-refractivity contribution >= 4 is 33.3 Å². The largest absolute Gasteiger partial charge is 0.478 e. The fourth-order valence-corrected chi connectivity index (χ4v) is 2.98. The second kappa shape index (κ2) is 5.76. The first-order valence-electron chi connectivity index (χ1n) is 5.30. The lowest BCUT2D eigenvalue weighted by Gasteiger charge is -2.12. The first-order chi connectivity index (χ1) is 9.12. The number of hydrogen-bond acceptors (Lipinski definition) is 4. The van der Waals surface area contributed by atoms with Gasteiger partial charge in [0, 0.05) is 7.05 Å². The number of halogens is 2. The maximum Gasteiger partial charge on any atom is 0.337 e. The molecule has 1 unspecified atom stereocenters. The van der Waals surface area contributed by atoms with E-state index in [1.165, 1.54) is 7.05 Å². The number of hydrogen-bond donors (Lipinski definition) is 2. The Labute approximate surface area is 119 Å². The van der Waals surface area contributed by atoms with Gasteiger partial charge < -0.3 is 10.4 Å². The molecule has 0 aromatic heterocycles. The lowest BCUT2D eigenvalue weighted by atomic mass is 10.2. The third kappa shape index (κ3) is 2.91. The first kappa shape index (κ1) is 16.4. The molecule has 0 radical (unpaired) electrons. The molecule has 1 rings (SSSR count). The maximum absolute atomic E-state index is 13.5. The Morgan fingerprint density at radius 2 is 1.95 bits per heavy atom. The van der Waals surface area contributed by atoms with Gasteiger partial charge in [-0.3, -0.25) is 4.79 Å². The lowest BCUT2D eigenvalue weighted by Crippen LogP contribution is -2.35. The minimum atomic E-state index is -4.22. The monoisotopic (exact) mass is 323 g/mol. The third-order valence-electron chi connectivity index (χ3n) is 2.64. The van der Waals surface area contributed by atoms with E-state index in [2.05, 4.69) is 5.32 Å². The Balaban J connectivity index is 3.48. The smallest absolute Gasteiger partial charge is 0.337 e. The Morgan fingerprint density at radius 3 is 2.40 bits per heavy atom. The summed E-state index contributed by atoms with van der Waals surface area (Å²) in [5.41, 5.74) is -0.686. The van der Waals surface area contributed by atoms with Crippen LogP contribution in [0.15, 0.2) is 17.0 Å². The molecule has 1 aromatic carbocycles. The van der Waals surface area contributed by atoms with Gasteiger partial charge in [-0.1, -0.05) is 11.6 Å². The number of nitrogens with one attached hydrogen (secondary N) is 1. The summed E-state index contributed by atoms with van der Waals surface area (Å²) in [4.78, 5) is 21.6. The molecule has 0 bridgehead atoms. The molecule has 0 spiro atoms. The molecule has 2 N–H and O–H groups in total. The summed E-state index contributed by atoms with van der Waals surface area (Å²) in [6.45, 7) is 1.11. The number of amides is 1. The molecule has 1 atom stereocenters. The molecule has 0 saturated heterocycles. The van der Waals surface area contributed by atoms with Crippen molar-refractivity contribution in [3.63, 3.8) is 0 Å². The number of carboxylic acid groups (broad SMARTS) is 1. The molecule has 0 fully saturated rings. The van der Waals surface area contributed by atoms with E-state index in [1.807, 2.05) is 0 Å². The van der Waals surface area contributed by atoms with Crippen molar-refractivity contribution in [2.75, 3.05) is 7.05 Å². The molecule has 0 aliphatic carbocycles. The molecule has 1 amide bonds. The number of carbonyl (C=O) groups is 2. The van der Waals surface area contributed by atoms with E-state index in [4.69, 9.17) is 16.7 Å². The van der Waals surface area contributed by atoms with E-state index < -0.39 is 48.3 Å². The molecule has 6 nitrogen and oxygen atoms in total. The van der Waals surface area contributed by atoms with Crippen molar-refractivity contribution in [1.82, 2.24) is 5.32 Å². The second-order valence-electron chi connectivity index (χ2n) is 3.87. The second-order valence-corrected chi connectivity index (χ2v) is 6.52. The summed E-state index contributed by atoms with van der Waals surface area (Å²) < 4.78 is 37.7. The van der Waals surface area contributed by atoms with E-state index in [-0.39, 0.29) is 0 Å². The number of carboxylic acids is 1. The van der Waals surface area contributed by atoms with Crippen LogP contribution in [0.3, 0.4) is 0 Å². The van der Waals surface area contributed by atoms with Gasteiger partial charge in [0.25, 0.3) is 0 Å². The molecule has 0 aliphatic heterocycles. The van der Waals surface area contributed by atoms with Crippen molar-refractivity contribution in [2.45, 2.75) is 17.1 Å². The highest BCUT2D eigenvalue weighted by molar-refractivity contribution is 7.92. The average molecular weight is 324 g/mol. The van der Waals surface area contributed by atoms with Gasteiger partial charge in [-0.25, -0.2) is 17.6 Å². The summed E-state index contributed by atoms with van der Waals surface area (Å²) in [6.07, 6.45) is 0. The number of aromatic carboxylic acids is 1. The summed E-state index contributed by atoms with van der Waals surface area (Å²) >= 11 is 5.45. The number of rotatable bonds is 4. The Bertz CT molecular complexity index is 674. The van der Waals surface area contributed by atoms with Gasteiger partial charge in [-0.05, 0) is 19.1 Å². The molecule has 1 aromatic rings. The lowest BCUT2D eigenvalue weighted by molar-refractivity contribution is -0.119. The van der Waals surface area contributed by atoms with Crippen molar-refractivity contribution < 1.29 is 27.5 Å². The molecule has 9 heteroatoms. The zero-order chi connectivity index (χ0) is 15.7. The zero-order valence-corrected chi connectivity index (χ0v) is 12.0. The number of sulfone groups is 1. The highest BCUT2D eigenvalue weighted by Crippen LogP contribution is 2.26. The Kier molecular flexibility index (Phi) is 4.72. The van der Waals surface area contributed by atoms with Gasteiger partial charge in [0.15, 0.2) is 9.84 Å². The Hall–Kier alpha value is -1.67. The fraction of sp³-hybridized carbons (Fsp3) is 0.273. The molecule has 20 heavy (non-hydrogen) atoms. The van der Waals surface area contributed by atoms with Gasteiger partial charge in [-0.2, -0.15) is 0 Å². The van der Waals surface area contributed by atoms with E-state index in [0.717, 1.165) is 13.0 Å². The van der Waals surface area contributed by atoms with Crippen molar-refractivity contribution in [3.05, 3.63) is 28.5 Å². The number of benzene rings is 1. The van der Waals surface area contributed by atoms with E-state index >= 15 is 0 Å². The van der Waals surface area contributed by atoms with Crippen molar-refractivity contribution in [3.8, 4) is 0 Å². The molecular formula is C11H11ClFNO5S. The first-order valence-corrected chi connectivity index (χ1v) is 7.23. The number of carbonyl (C=O) groups excluding carboxylic acids is 1. The van der Waals surface area contributed by atoms with Gasteiger partial charge in [0.1, 0.15) is 11.1 Å². The highest BCUT2D eigenvalue weighted by atomic mass is 35.5. The van der Waals surface area contributed by atoms with Crippen LogP contribution in [0.25, 0.3) is 0 Å². The summed E-state index contributed by atoms with van der Waals surface area (Å²) in [5.74, 6) is -3.55. The van der Waals surface area contributed by atoms with Crippen LogP contribution in [-0.2, 0) is 14.6 Å². The van der Waals surface area contributed by atoms with Crippen LogP contribution in [0.1, 0.15) is 17.3 Å². The molecule has 110 valence electrons. The minimum absolute atomic E-state index is 0.587. The topological polar surface area (TPSA) is 101 Å². The SMILES string of the molecule is CNC(=O)C(C)S(=O)(=O)c1cc(F)c(Cl)c(C(=O)O)c1. The van der Waals surface area contributed by atoms with Crippen LogP contribution in [0.2, 0.25) is 5.02 Å². The van der Waals surface area contributed by atoms with Crippen LogP contribution in [0, 0.1) is 5.82 Å². The van der Waals surface area contributed by atoms with Gasteiger partial charge in [0.2, 0.25) is 5.91 Å². The Morgan fingerprint density at radius 1 is 1.40 bits per heavy atom. The third-order valence-corrected chi connectivity index (χ3v) is 5.06. The molecule has 0 heterocycles. The zero-order valence-electron chi connectivity index (χ0n) is 10.5. The van der Waals surface area contributed by atoms with E-state index in [0.29, 0.717) is 6.07 Å². The quantitative estimate of drug-likeness (QED) is 0.863. The van der Waals surface area contributed by atoms with Gasteiger partial charge >= 0.3 is 5.97 Å². The predicted molar refractivity (Wildman–Crippen MR) is 69.1 cm³/mol. The standard InChI is InChI=1S/C11H11ClFNO5S/c1-5(10(15)14-2)20(18,19)6-3-7(11(16)17)9(12)8(13)4-6/h3-5H,1-2H3,(H,14,15)(H,16,17). The van der Waals surface area contributed by atoms with Crippen LogP contribution < -0.4 is 5.32 Å². The minimum Gasteiger partial charge on any atom is -0.478 e. The van der Waals surface area contributed by atoms with E-state index in [1.54, 1.807) is 0 Å². The van der Waals surface area contributed by atoms with E-state index in [9.17, 15) is 22.4 Å².